The van der Waals surface area contributed by atoms with Gasteiger partial charge in [0.2, 0.25) is 10.0 Å². The lowest BCUT2D eigenvalue weighted by Gasteiger charge is -2.12. The summed E-state index contributed by atoms with van der Waals surface area (Å²) in [4.78, 5) is 4.55. The van der Waals surface area contributed by atoms with E-state index in [1.807, 2.05) is 6.07 Å². The number of nitrogens with one attached hydrogen (secondary N) is 1. The normalized spacial score (nSPS) is 15.8. The monoisotopic (exact) mass is 285 g/mol. The molecule has 0 fully saturated rings. The molecular formula is C11H15N3O2S2. The van der Waals surface area contributed by atoms with E-state index < -0.39 is 10.0 Å². The molecule has 0 unspecified atom stereocenters. The fraction of sp³-hybridized carbons (Fsp3) is 0.364. The Balaban J connectivity index is 2.25. The van der Waals surface area contributed by atoms with Crippen LogP contribution in [0.25, 0.3) is 0 Å². The van der Waals surface area contributed by atoms with E-state index in [0.717, 1.165) is 23.2 Å². The summed E-state index contributed by atoms with van der Waals surface area (Å²) in [6, 6.07) is 6.76. The van der Waals surface area contributed by atoms with E-state index in [2.05, 4.69) is 10.3 Å². The van der Waals surface area contributed by atoms with Crippen LogP contribution in [-0.4, -0.2) is 44.3 Å². The fourth-order valence-corrected chi connectivity index (χ4v) is 3.18. The molecule has 7 heteroatoms. The highest BCUT2D eigenvalue weighted by atomic mass is 32.2. The summed E-state index contributed by atoms with van der Waals surface area (Å²) in [5.74, 6) is 0.970. The Morgan fingerprint density at radius 2 is 2.17 bits per heavy atom. The zero-order chi connectivity index (χ0) is 13.2. The topological polar surface area (TPSA) is 61.8 Å². The lowest BCUT2D eigenvalue weighted by Crippen LogP contribution is -2.22. The minimum absolute atomic E-state index is 0.279. The van der Waals surface area contributed by atoms with Crippen LogP contribution in [0.1, 0.15) is 0 Å². The van der Waals surface area contributed by atoms with Gasteiger partial charge < -0.3 is 5.32 Å². The molecule has 0 saturated heterocycles. The zero-order valence-corrected chi connectivity index (χ0v) is 11.9. The largest absolute Gasteiger partial charge is 0.335 e. The molecule has 2 rings (SSSR count). The van der Waals surface area contributed by atoms with E-state index in [4.69, 9.17) is 0 Å². The average Bonchev–Trinajstić information content (AvgIpc) is 2.82. The first-order chi connectivity index (χ1) is 8.50. The molecule has 0 bridgehead atoms. The van der Waals surface area contributed by atoms with Gasteiger partial charge in [-0.3, -0.25) is 4.99 Å². The summed E-state index contributed by atoms with van der Waals surface area (Å²) < 4.78 is 25.2. The number of hydrogen-bond donors (Lipinski definition) is 1. The van der Waals surface area contributed by atoms with E-state index in [1.165, 1.54) is 18.4 Å². The molecule has 1 aliphatic rings. The molecule has 18 heavy (non-hydrogen) atoms. The highest BCUT2D eigenvalue weighted by Crippen LogP contribution is 2.20. The summed E-state index contributed by atoms with van der Waals surface area (Å²) >= 11 is 1.64. The lowest BCUT2D eigenvalue weighted by atomic mass is 10.3. The molecule has 1 N–H and O–H groups in total. The van der Waals surface area contributed by atoms with Gasteiger partial charge in [0.15, 0.2) is 5.17 Å². The van der Waals surface area contributed by atoms with Crippen LogP contribution in [0.5, 0.6) is 0 Å². The molecule has 0 aliphatic carbocycles. The summed E-state index contributed by atoms with van der Waals surface area (Å²) in [7, 11) is -0.346. The van der Waals surface area contributed by atoms with Crippen LogP contribution < -0.4 is 5.32 Å². The number of thioether (sulfide) groups is 1. The number of nitrogens with zero attached hydrogens (tertiary/aromatic N) is 2. The first kappa shape index (κ1) is 13.4. The SMILES string of the molecule is CN(C)S(=O)(=O)c1cccc(NC2=NCCS2)c1. The Morgan fingerprint density at radius 3 is 2.78 bits per heavy atom. The number of aliphatic imine (C=N–C) groups is 1. The van der Waals surface area contributed by atoms with Gasteiger partial charge in [0.05, 0.1) is 11.4 Å². The van der Waals surface area contributed by atoms with Crippen LogP contribution >= 0.6 is 11.8 Å². The quantitative estimate of drug-likeness (QED) is 0.913. The van der Waals surface area contributed by atoms with E-state index in [1.54, 1.807) is 30.0 Å². The van der Waals surface area contributed by atoms with Crippen LogP contribution in [0, 0.1) is 0 Å². The van der Waals surface area contributed by atoms with Crippen LogP contribution in [0.2, 0.25) is 0 Å². The highest BCUT2D eigenvalue weighted by molar-refractivity contribution is 8.14. The van der Waals surface area contributed by atoms with Crippen LogP contribution in [0.4, 0.5) is 5.69 Å². The second-order valence-corrected chi connectivity index (χ2v) is 7.21. The van der Waals surface area contributed by atoms with Gasteiger partial charge in [-0.2, -0.15) is 0 Å². The van der Waals surface area contributed by atoms with Crippen molar-refractivity contribution in [3.63, 3.8) is 0 Å². The Bertz CT molecular complexity index is 567. The van der Waals surface area contributed by atoms with Crippen LogP contribution in [0.15, 0.2) is 34.2 Å². The Labute approximate surface area is 111 Å². The summed E-state index contributed by atoms with van der Waals surface area (Å²) in [6.07, 6.45) is 0. The van der Waals surface area contributed by atoms with E-state index in [0.29, 0.717) is 0 Å². The van der Waals surface area contributed by atoms with Crippen molar-refractivity contribution in [3.05, 3.63) is 24.3 Å². The standard InChI is InChI=1S/C11H15N3O2S2/c1-14(2)18(15,16)10-5-3-4-9(8-10)13-11-12-6-7-17-11/h3-5,8H,6-7H2,1-2H3,(H,12,13). The molecule has 98 valence electrons. The number of hydrogen-bond acceptors (Lipinski definition) is 5. The summed E-state index contributed by atoms with van der Waals surface area (Å²) in [6.45, 7) is 0.808. The van der Waals surface area contributed by atoms with Gasteiger partial charge >= 0.3 is 0 Å². The van der Waals surface area contributed by atoms with Crippen molar-refractivity contribution < 1.29 is 8.42 Å². The molecular weight excluding hydrogens is 270 g/mol. The molecule has 0 saturated carbocycles. The number of benzene rings is 1. The summed E-state index contributed by atoms with van der Waals surface area (Å²) in [5.41, 5.74) is 0.742. The predicted molar refractivity (Wildman–Crippen MR) is 75.7 cm³/mol. The van der Waals surface area contributed by atoms with Crippen LogP contribution in [-0.2, 0) is 10.0 Å². The van der Waals surface area contributed by atoms with Crippen molar-refractivity contribution in [2.45, 2.75) is 4.90 Å². The number of rotatable bonds is 3. The van der Waals surface area contributed by atoms with Gasteiger partial charge in [-0.1, -0.05) is 17.8 Å². The van der Waals surface area contributed by atoms with Crippen molar-refractivity contribution in [2.75, 3.05) is 31.7 Å². The van der Waals surface area contributed by atoms with Gasteiger partial charge in [-0.25, -0.2) is 12.7 Å². The average molecular weight is 285 g/mol. The minimum Gasteiger partial charge on any atom is -0.335 e. The van der Waals surface area contributed by atoms with Crippen LogP contribution in [0.3, 0.4) is 0 Å². The third kappa shape index (κ3) is 2.85. The van der Waals surface area contributed by atoms with Gasteiger partial charge in [0, 0.05) is 25.5 Å². The Hall–Kier alpha value is -1.05. The van der Waals surface area contributed by atoms with E-state index in [-0.39, 0.29) is 4.90 Å². The van der Waals surface area contributed by atoms with Gasteiger partial charge in [-0.05, 0) is 18.2 Å². The molecule has 5 nitrogen and oxygen atoms in total. The molecule has 0 spiro atoms. The molecule has 0 aromatic heterocycles. The fourth-order valence-electron chi connectivity index (χ4n) is 1.48. The second kappa shape index (κ2) is 5.29. The summed E-state index contributed by atoms with van der Waals surface area (Å²) in [5, 5.41) is 3.96. The number of amidine groups is 1. The maximum Gasteiger partial charge on any atom is 0.242 e. The second-order valence-electron chi connectivity index (χ2n) is 3.98. The molecule has 1 aromatic carbocycles. The highest BCUT2D eigenvalue weighted by Gasteiger charge is 2.17. The third-order valence-corrected chi connectivity index (χ3v) is 5.15. The molecule has 1 heterocycles. The predicted octanol–water partition coefficient (Wildman–Crippen LogP) is 1.45. The van der Waals surface area contributed by atoms with Gasteiger partial charge in [0.25, 0.3) is 0 Å². The van der Waals surface area contributed by atoms with Crippen molar-refractivity contribution in [3.8, 4) is 0 Å². The smallest absolute Gasteiger partial charge is 0.242 e. The molecule has 1 aliphatic heterocycles. The maximum absolute atomic E-state index is 12.0. The number of anilines is 1. The molecule has 1 aromatic rings. The molecule has 0 radical (unpaired) electrons. The first-order valence-electron chi connectivity index (χ1n) is 5.47. The van der Waals surface area contributed by atoms with Gasteiger partial charge in [-0.15, -0.1) is 0 Å². The zero-order valence-electron chi connectivity index (χ0n) is 10.3. The Kier molecular flexibility index (Phi) is 3.94. The van der Waals surface area contributed by atoms with Crippen molar-refractivity contribution in [1.82, 2.24) is 4.31 Å². The molecule has 0 amide bonds. The van der Waals surface area contributed by atoms with Gasteiger partial charge in [0.1, 0.15) is 0 Å². The van der Waals surface area contributed by atoms with E-state index >= 15 is 0 Å². The number of sulfonamides is 1. The first-order valence-corrected chi connectivity index (χ1v) is 7.89. The maximum atomic E-state index is 12.0. The van der Waals surface area contributed by atoms with Crippen molar-refractivity contribution in [2.24, 2.45) is 4.99 Å². The van der Waals surface area contributed by atoms with E-state index in [9.17, 15) is 8.42 Å². The van der Waals surface area contributed by atoms with Crippen molar-refractivity contribution in [1.29, 1.82) is 0 Å². The third-order valence-electron chi connectivity index (χ3n) is 2.45. The minimum atomic E-state index is -3.39. The Morgan fingerprint density at radius 1 is 1.39 bits per heavy atom. The van der Waals surface area contributed by atoms with Crippen molar-refractivity contribution >= 4 is 32.6 Å². The molecule has 0 atom stereocenters. The lowest BCUT2D eigenvalue weighted by molar-refractivity contribution is 0.521.